The quantitative estimate of drug-likeness (QED) is 0.608. The summed E-state index contributed by atoms with van der Waals surface area (Å²) in [4.78, 5) is 37.3. The molecule has 0 radical (unpaired) electrons. The standard InChI is InChI=1S/C23H31N3O3/c1-5-13-24-22(28)16(4)25-23(29)21(15(2)3)26-20(27)14-18-11-8-10-17-9-6-7-12-19(17)18/h6-12,15-16,21H,5,13-14H2,1-4H3,(H,24,28)(H,25,29)(H,26,27)/t16-,21+/m1/s1. The van der Waals surface area contributed by atoms with Gasteiger partial charge in [-0.3, -0.25) is 14.4 Å². The summed E-state index contributed by atoms with van der Waals surface area (Å²) in [6, 6.07) is 12.4. The molecule has 0 saturated carbocycles. The Kier molecular flexibility index (Phi) is 8.19. The first kappa shape index (κ1) is 22.4. The average molecular weight is 398 g/mol. The number of rotatable bonds is 9. The van der Waals surface area contributed by atoms with Gasteiger partial charge in [-0.25, -0.2) is 0 Å². The molecule has 29 heavy (non-hydrogen) atoms. The van der Waals surface area contributed by atoms with Crippen LogP contribution in [-0.4, -0.2) is 36.3 Å². The van der Waals surface area contributed by atoms with Crippen LogP contribution >= 0.6 is 0 Å². The van der Waals surface area contributed by atoms with E-state index in [2.05, 4.69) is 16.0 Å². The molecule has 2 aromatic carbocycles. The smallest absolute Gasteiger partial charge is 0.243 e. The van der Waals surface area contributed by atoms with Crippen LogP contribution in [0, 0.1) is 5.92 Å². The Hall–Kier alpha value is -2.89. The van der Waals surface area contributed by atoms with Crippen molar-refractivity contribution in [2.24, 2.45) is 5.92 Å². The zero-order chi connectivity index (χ0) is 21.4. The second kappa shape index (κ2) is 10.6. The molecule has 0 aliphatic rings. The maximum Gasteiger partial charge on any atom is 0.243 e. The Morgan fingerprint density at radius 2 is 1.59 bits per heavy atom. The van der Waals surface area contributed by atoms with Gasteiger partial charge in [0.25, 0.3) is 0 Å². The van der Waals surface area contributed by atoms with E-state index in [-0.39, 0.29) is 30.1 Å². The van der Waals surface area contributed by atoms with E-state index in [0.29, 0.717) is 6.54 Å². The van der Waals surface area contributed by atoms with Gasteiger partial charge in [0.1, 0.15) is 12.1 Å². The number of hydrogen-bond acceptors (Lipinski definition) is 3. The first-order valence-electron chi connectivity index (χ1n) is 10.2. The van der Waals surface area contributed by atoms with Crippen molar-refractivity contribution in [2.45, 2.75) is 52.6 Å². The molecule has 6 nitrogen and oxygen atoms in total. The van der Waals surface area contributed by atoms with E-state index in [9.17, 15) is 14.4 Å². The van der Waals surface area contributed by atoms with E-state index in [1.807, 2.05) is 63.2 Å². The normalized spacial score (nSPS) is 13.0. The van der Waals surface area contributed by atoms with Crippen LogP contribution in [0.1, 0.15) is 39.7 Å². The zero-order valence-electron chi connectivity index (χ0n) is 17.6. The number of amides is 3. The van der Waals surface area contributed by atoms with Gasteiger partial charge in [0.2, 0.25) is 17.7 Å². The molecule has 0 aromatic heterocycles. The lowest BCUT2D eigenvalue weighted by molar-refractivity contribution is -0.132. The van der Waals surface area contributed by atoms with Crippen molar-refractivity contribution in [3.63, 3.8) is 0 Å². The van der Waals surface area contributed by atoms with Crippen LogP contribution in [0.2, 0.25) is 0 Å². The van der Waals surface area contributed by atoms with Crippen LogP contribution in [0.5, 0.6) is 0 Å². The molecule has 0 fully saturated rings. The molecule has 0 spiro atoms. The van der Waals surface area contributed by atoms with Crippen LogP contribution in [0.15, 0.2) is 42.5 Å². The van der Waals surface area contributed by atoms with Crippen LogP contribution in [0.4, 0.5) is 0 Å². The van der Waals surface area contributed by atoms with E-state index in [4.69, 9.17) is 0 Å². The molecular formula is C23H31N3O3. The van der Waals surface area contributed by atoms with E-state index in [0.717, 1.165) is 22.8 Å². The van der Waals surface area contributed by atoms with Gasteiger partial charge in [-0.2, -0.15) is 0 Å². The molecule has 2 atom stereocenters. The Labute approximate surface area is 172 Å². The minimum atomic E-state index is -0.709. The van der Waals surface area contributed by atoms with Crippen LogP contribution in [0.3, 0.4) is 0 Å². The van der Waals surface area contributed by atoms with Crippen molar-refractivity contribution < 1.29 is 14.4 Å². The van der Waals surface area contributed by atoms with Gasteiger partial charge in [-0.1, -0.05) is 63.2 Å². The van der Waals surface area contributed by atoms with E-state index in [1.165, 1.54) is 0 Å². The van der Waals surface area contributed by atoms with Crippen molar-refractivity contribution in [2.75, 3.05) is 6.54 Å². The fourth-order valence-corrected chi connectivity index (χ4v) is 3.15. The van der Waals surface area contributed by atoms with Gasteiger partial charge in [0.15, 0.2) is 0 Å². The van der Waals surface area contributed by atoms with Crippen LogP contribution < -0.4 is 16.0 Å². The number of hydrogen-bond donors (Lipinski definition) is 3. The second-order valence-corrected chi connectivity index (χ2v) is 7.63. The van der Waals surface area contributed by atoms with Crippen molar-refractivity contribution in [3.8, 4) is 0 Å². The van der Waals surface area contributed by atoms with Gasteiger partial charge < -0.3 is 16.0 Å². The highest BCUT2D eigenvalue weighted by atomic mass is 16.2. The number of nitrogens with one attached hydrogen (secondary N) is 3. The van der Waals surface area contributed by atoms with Crippen molar-refractivity contribution in [3.05, 3.63) is 48.0 Å². The number of benzene rings is 2. The van der Waals surface area contributed by atoms with Crippen molar-refractivity contribution in [1.29, 1.82) is 0 Å². The summed E-state index contributed by atoms with van der Waals surface area (Å²) in [6.07, 6.45) is 1.01. The van der Waals surface area contributed by atoms with E-state index >= 15 is 0 Å². The molecular weight excluding hydrogens is 366 g/mol. The fraction of sp³-hybridized carbons (Fsp3) is 0.435. The molecule has 2 aromatic rings. The minimum absolute atomic E-state index is 0.114. The maximum atomic E-state index is 12.7. The van der Waals surface area contributed by atoms with Crippen LogP contribution in [-0.2, 0) is 20.8 Å². The highest BCUT2D eigenvalue weighted by molar-refractivity contribution is 5.94. The number of carbonyl (C=O) groups is 3. The fourth-order valence-electron chi connectivity index (χ4n) is 3.15. The van der Waals surface area contributed by atoms with E-state index < -0.39 is 12.1 Å². The largest absolute Gasteiger partial charge is 0.354 e. The predicted octanol–water partition coefficient (Wildman–Crippen LogP) is 2.55. The maximum absolute atomic E-state index is 12.7. The summed E-state index contributed by atoms with van der Waals surface area (Å²) in [5.41, 5.74) is 0.913. The lowest BCUT2D eigenvalue weighted by atomic mass is 10.00. The second-order valence-electron chi connectivity index (χ2n) is 7.63. The molecule has 0 unspecified atom stereocenters. The van der Waals surface area contributed by atoms with Crippen LogP contribution in [0.25, 0.3) is 10.8 Å². The van der Waals surface area contributed by atoms with Gasteiger partial charge >= 0.3 is 0 Å². The first-order chi connectivity index (χ1) is 13.8. The number of fused-ring (bicyclic) bond motifs is 1. The summed E-state index contributed by atoms with van der Waals surface area (Å²) < 4.78 is 0. The molecule has 0 heterocycles. The van der Waals surface area contributed by atoms with Crippen molar-refractivity contribution >= 4 is 28.5 Å². The highest BCUT2D eigenvalue weighted by Crippen LogP contribution is 2.19. The molecule has 0 aliphatic carbocycles. The summed E-state index contributed by atoms with van der Waals surface area (Å²) in [5.74, 6) is -0.925. The molecule has 3 N–H and O–H groups in total. The average Bonchev–Trinajstić information content (AvgIpc) is 2.70. The first-order valence-corrected chi connectivity index (χ1v) is 10.2. The Morgan fingerprint density at radius 3 is 2.28 bits per heavy atom. The lowest BCUT2D eigenvalue weighted by Crippen LogP contribution is -2.54. The SMILES string of the molecule is CCCNC(=O)[C@@H](C)NC(=O)[C@@H](NC(=O)Cc1cccc2ccccc12)C(C)C. The molecule has 0 bridgehead atoms. The zero-order valence-corrected chi connectivity index (χ0v) is 17.6. The molecule has 3 amide bonds. The third-order valence-electron chi connectivity index (χ3n) is 4.80. The Morgan fingerprint density at radius 1 is 0.897 bits per heavy atom. The number of carbonyl (C=O) groups excluding carboxylic acids is 3. The Bertz CT molecular complexity index is 858. The summed E-state index contributed by atoms with van der Waals surface area (Å²) in [5, 5.41) is 10.4. The summed E-state index contributed by atoms with van der Waals surface area (Å²) in [7, 11) is 0. The lowest BCUT2D eigenvalue weighted by Gasteiger charge is -2.24. The summed E-state index contributed by atoms with van der Waals surface area (Å²) >= 11 is 0. The van der Waals surface area contributed by atoms with Gasteiger partial charge in [-0.15, -0.1) is 0 Å². The molecule has 0 aliphatic heterocycles. The molecule has 2 rings (SSSR count). The third kappa shape index (κ3) is 6.31. The molecule has 6 heteroatoms. The van der Waals surface area contributed by atoms with Gasteiger partial charge in [-0.05, 0) is 35.6 Å². The van der Waals surface area contributed by atoms with Crippen molar-refractivity contribution in [1.82, 2.24) is 16.0 Å². The van der Waals surface area contributed by atoms with E-state index in [1.54, 1.807) is 6.92 Å². The monoisotopic (exact) mass is 397 g/mol. The highest BCUT2D eigenvalue weighted by Gasteiger charge is 2.27. The topological polar surface area (TPSA) is 87.3 Å². The minimum Gasteiger partial charge on any atom is -0.354 e. The molecule has 0 saturated heterocycles. The molecule has 156 valence electrons. The van der Waals surface area contributed by atoms with Gasteiger partial charge in [0, 0.05) is 6.54 Å². The summed E-state index contributed by atoms with van der Waals surface area (Å²) in [6.45, 7) is 7.89. The predicted molar refractivity (Wildman–Crippen MR) is 115 cm³/mol. The van der Waals surface area contributed by atoms with Gasteiger partial charge in [0.05, 0.1) is 6.42 Å². The Balaban J connectivity index is 2.02. The third-order valence-corrected chi connectivity index (χ3v) is 4.80.